The third-order valence-corrected chi connectivity index (χ3v) is 3.50. The average Bonchev–Trinajstić information content (AvgIpc) is 3.15. The molecule has 0 unspecified atom stereocenters. The number of halogens is 4. The van der Waals surface area contributed by atoms with Gasteiger partial charge in [-0.2, -0.15) is 13.2 Å². The zero-order valence-corrected chi connectivity index (χ0v) is 11.1. The molecule has 1 aliphatic rings. The maximum absolute atomic E-state index is 12.5. The Kier molecular flexibility index (Phi) is 3.77. The van der Waals surface area contributed by atoms with E-state index in [4.69, 9.17) is 11.6 Å². The third kappa shape index (κ3) is 2.80. The molecule has 20 heavy (non-hydrogen) atoms. The molecule has 1 fully saturated rings. The predicted molar refractivity (Wildman–Crippen MR) is 64.4 cm³/mol. The fourth-order valence-corrected chi connectivity index (χ4v) is 2.30. The van der Waals surface area contributed by atoms with Gasteiger partial charge in [0.25, 0.3) is 0 Å². The minimum Gasteiger partial charge on any atom is -0.469 e. The Bertz CT molecular complexity index is 568. The first kappa shape index (κ1) is 14.8. The van der Waals surface area contributed by atoms with Crippen LogP contribution in [0.25, 0.3) is 0 Å². The minimum absolute atomic E-state index is 0.0689. The molecule has 0 bridgehead atoms. The van der Waals surface area contributed by atoms with E-state index in [9.17, 15) is 22.8 Å². The van der Waals surface area contributed by atoms with E-state index >= 15 is 0 Å². The van der Waals surface area contributed by atoms with Crippen LogP contribution in [-0.4, -0.2) is 18.9 Å². The number of hydrogen-bond donors (Lipinski definition) is 0. The number of hydrogen-bond acceptors (Lipinski definition) is 3. The molecular weight excluding hydrogens is 297 g/mol. The summed E-state index contributed by atoms with van der Waals surface area (Å²) in [5.41, 5.74) is -0.921. The Labute approximate surface area is 117 Å². The van der Waals surface area contributed by atoms with Crippen LogP contribution in [0.4, 0.5) is 13.2 Å². The van der Waals surface area contributed by atoms with E-state index in [1.807, 2.05) is 0 Å². The van der Waals surface area contributed by atoms with Gasteiger partial charge in [0, 0.05) is 11.5 Å². The van der Waals surface area contributed by atoms with Crippen molar-refractivity contribution >= 4 is 23.4 Å². The average molecular weight is 307 g/mol. The number of Topliss-reactive ketones (excluding diaryl/α,β-unsaturated/α-hetero) is 1. The number of rotatable bonds is 3. The van der Waals surface area contributed by atoms with Crippen LogP contribution in [0, 0.1) is 11.8 Å². The van der Waals surface area contributed by atoms with Crippen molar-refractivity contribution in [1.29, 1.82) is 0 Å². The van der Waals surface area contributed by atoms with Crippen molar-refractivity contribution in [1.82, 2.24) is 0 Å². The lowest BCUT2D eigenvalue weighted by Gasteiger charge is -2.09. The standard InChI is InChI=1S/C13H10ClF3O3/c1-20-12(19)8-5-7(8)11(18)6-2-3-9(10(14)4-6)13(15,16)17/h2-4,7-8H,5H2,1H3/t7-,8-/m0/s1. The minimum atomic E-state index is -4.56. The van der Waals surface area contributed by atoms with Gasteiger partial charge in [0.05, 0.1) is 23.6 Å². The second kappa shape index (κ2) is 5.09. The lowest BCUT2D eigenvalue weighted by atomic mass is 10.0. The summed E-state index contributed by atoms with van der Waals surface area (Å²) in [6.07, 6.45) is -4.21. The number of carbonyl (C=O) groups excluding carboxylic acids is 2. The van der Waals surface area contributed by atoms with Crippen molar-refractivity contribution in [2.75, 3.05) is 7.11 Å². The van der Waals surface area contributed by atoms with Crippen LogP contribution in [0.3, 0.4) is 0 Å². The highest BCUT2D eigenvalue weighted by Crippen LogP contribution is 2.43. The van der Waals surface area contributed by atoms with Gasteiger partial charge in [0.15, 0.2) is 5.78 Å². The van der Waals surface area contributed by atoms with Crippen LogP contribution < -0.4 is 0 Å². The van der Waals surface area contributed by atoms with E-state index in [0.29, 0.717) is 6.42 Å². The Morgan fingerprint density at radius 1 is 1.30 bits per heavy atom. The molecule has 0 N–H and O–H groups in total. The molecule has 1 aromatic carbocycles. The molecule has 2 rings (SSSR count). The second-order valence-electron chi connectivity index (χ2n) is 4.53. The molecular formula is C13H10ClF3O3. The highest BCUT2D eigenvalue weighted by Gasteiger charge is 2.49. The van der Waals surface area contributed by atoms with Gasteiger partial charge in [-0.15, -0.1) is 0 Å². The summed E-state index contributed by atoms with van der Waals surface area (Å²) in [6, 6.07) is 2.83. The fourth-order valence-electron chi connectivity index (χ4n) is 2.01. The maximum Gasteiger partial charge on any atom is 0.417 e. The quantitative estimate of drug-likeness (QED) is 0.635. The fraction of sp³-hybridized carbons (Fsp3) is 0.385. The van der Waals surface area contributed by atoms with Crippen molar-refractivity contribution in [2.45, 2.75) is 12.6 Å². The highest BCUT2D eigenvalue weighted by molar-refractivity contribution is 6.31. The number of esters is 1. The zero-order valence-electron chi connectivity index (χ0n) is 10.3. The van der Waals surface area contributed by atoms with Crippen LogP contribution in [0.5, 0.6) is 0 Å². The summed E-state index contributed by atoms with van der Waals surface area (Å²) in [4.78, 5) is 23.2. The summed E-state index contributed by atoms with van der Waals surface area (Å²) in [6.45, 7) is 0. The molecule has 0 amide bonds. The molecule has 1 aliphatic carbocycles. The summed E-state index contributed by atoms with van der Waals surface area (Å²) < 4.78 is 42.1. The number of carbonyl (C=O) groups is 2. The van der Waals surface area contributed by atoms with Crippen LogP contribution in [0.2, 0.25) is 5.02 Å². The van der Waals surface area contributed by atoms with Gasteiger partial charge in [0.2, 0.25) is 0 Å². The molecule has 0 radical (unpaired) electrons. The van der Waals surface area contributed by atoms with E-state index in [1.54, 1.807) is 0 Å². The maximum atomic E-state index is 12.5. The second-order valence-corrected chi connectivity index (χ2v) is 4.94. The zero-order chi connectivity index (χ0) is 15.1. The van der Waals surface area contributed by atoms with Crippen molar-refractivity contribution in [3.8, 4) is 0 Å². The molecule has 0 aromatic heterocycles. The van der Waals surface area contributed by atoms with Gasteiger partial charge in [0.1, 0.15) is 0 Å². The van der Waals surface area contributed by atoms with E-state index < -0.39 is 40.4 Å². The number of alkyl halides is 3. The number of benzene rings is 1. The van der Waals surface area contributed by atoms with Gasteiger partial charge in [-0.05, 0) is 18.6 Å². The lowest BCUT2D eigenvalue weighted by molar-refractivity contribution is -0.142. The van der Waals surface area contributed by atoms with Gasteiger partial charge in [-0.25, -0.2) is 0 Å². The Hall–Kier alpha value is -1.56. The highest BCUT2D eigenvalue weighted by atomic mass is 35.5. The van der Waals surface area contributed by atoms with Crippen LogP contribution in [0.15, 0.2) is 18.2 Å². The van der Waals surface area contributed by atoms with E-state index in [0.717, 1.165) is 18.2 Å². The smallest absolute Gasteiger partial charge is 0.417 e. The van der Waals surface area contributed by atoms with Gasteiger partial charge < -0.3 is 4.74 Å². The first-order chi connectivity index (χ1) is 9.25. The molecule has 3 nitrogen and oxygen atoms in total. The molecule has 0 spiro atoms. The van der Waals surface area contributed by atoms with Gasteiger partial charge in [-0.1, -0.05) is 17.7 Å². The summed E-state index contributed by atoms with van der Waals surface area (Å²) >= 11 is 5.55. The molecule has 0 saturated heterocycles. The lowest BCUT2D eigenvalue weighted by Crippen LogP contribution is -2.11. The van der Waals surface area contributed by atoms with Crippen LogP contribution >= 0.6 is 11.6 Å². The van der Waals surface area contributed by atoms with Crippen LogP contribution in [-0.2, 0) is 15.7 Å². The van der Waals surface area contributed by atoms with Crippen molar-refractivity contribution < 1.29 is 27.5 Å². The third-order valence-electron chi connectivity index (χ3n) is 3.19. The summed E-state index contributed by atoms with van der Waals surface area (Å²) in [7, 11) is 1.22. The van der Waals surface area contributed by atoms with Gasteiger partial charge >= 0.3 is 12.1 Å². The summed E-state index contributed by atoms with van der Waals surface area (Å²) in [5, 5.41) is -0.529. The summed E-state index contributed by atoms with van der Waals surface area (Å²) in [5.74, 6) is -1.92. The number of methoxy groups -OCH3 is 1. The first-order valence-corrected chi connectivity index (χ1v) is 6.12. The largest absolute Gasteiger partial charge is 0.469 e. The molecule has 0 aliphatic heterocycles. The monoisotopic (exact) mass is 306 g/mol. The van der Waals surface area contributed by atoms with Crippen molar-refractivity contribution in [2.24, 2.45) is 11.8 Å². The number of ketones is 1. The topological polar surface area (TPSA) is 43.4 Å². The SMILES string of the molecule is COC(=O)[C@H]1C[C@@H]1C(=O)c1ccc(C(F)(F)F)c(Cl)c1. The van der Waals surface area contributed by atoms with E-state index in [2.05, 4.69) is 4.74 Å². The van der Waals surface area contributed by atoms with Crippen molar-refractivity contribution in [3.05, 3.63) is 34.3 Å². The molecule has 108 valence electrons. The van der Waals surface area contributed by atoms with Crippen molar-refractivity contribution in [3.63, 3.8) is 0 Å². The predicted octanol–water partition coefficient (Wildman–Crippen LogP) is 3.35. The number of ether oxygens (including phenoxy) is 1. The van der Waals surface area contributed by atoms with Crippen LogP contribution in [0.1, 0.15) is 22.3 Å². The normalized spacial score (nSPS) is 21.4. The molecule has 7 heteroatoms. The molecule has 2 atom stereocenters. The molecule has 0 heterocycles. The van der Waals surface area contributed by atoms with E-state index in [1.165, 1.54) is 7.11 Å². The molecule has 1 saturated carbocycles. The first-order valence-electron chi connectivity index (χ1n) is 5.74. The van der Waals surface area contributed by atoms with Gasteiger partial charge in [-0.3, -0.25) is 9.59 Å². The van der Waals surface area contributed by atoms with E-state index in [-0.39, 0.29) is 5.56 Å². The Morgan fingerprint density at radius 2 is 1.95 bits per heavy atom. The molecule has 1 aromatic rings. The Balaban J connectivity index is 2.17. The Morgan fingerprint density at radius 3 is 2.45 bits per heavy atom.